The van der Waals surface area contributed by atoms with E-state index in [9.17, 15) is 4.39 Å². The highest BCUT2D eigenvalue weighted by molar-refractivity contribution is 7.15. The summed E-state index contributed by atoms with van der Waals surface area (Å²) in [5, 5.41) is 2.15. The quantitative estimate of drug-likeness (QED) is 0.792. The van der Waals surface area contributed by atoms with E-state index in [1.807, 2.05) is 22.9 Å². The maximum absolute atomic E-state index is 13.1. The van der Waals surface area contributed by atoms with Crippen molar-refractivity contribution in [2.45, 2.75) is 19.4 Å². The number of hydrogen-bond donors (Lipinski definition) is 1. The van der Waals surface area contributed by atoms with Crippen LogP contribution in [0.25, 0.3) is 4.96 Å². The SMILES string of the molecule is CC(N)Cc1c(Oc2ccc(F)cc2Cl)nc2sccn12. The van der Waals surface area contributed by atoms with Crippen molar-refractivity contribution in [3.8, 4) is 11.6 Å². The van der Waals surface area contributed by atoms with Crippen LogP contribution in [0.5, 0.6) is 11.6 Å². The van der Waals surface area contributed by atoms with E-state index in [1.54, 1.807) is 0 Å². The van der Waals surface area contributed by atoms with Crippen molar-refractivity contribution >= 4 is 27.9 Å². The molecule has 0 saturated heterocycles. The molecule has 2 N–H and O–H groups in total. The van der Waals surface area contributed by atoms with Crippen LogP contribution in [0.4, 0.5) is 4.39 Å². The summed E-state index contributed by atoms with van der Waals surface area (Å²) in [6, 6.07) is 3.96. The summed E-state index contributed by atoms with van der Waals surface area (Å²) in [6.07, 6.45) is 2.54. The lowest BCUT2D eigenvalue weighted by atomic mass is 10.2. The molecule has 21 heavy (non-hydrogen) atoms. The van der Waals surface area contributed by atoms with E-state index in [-0.39, 0.29) is 11.1 Å². The number of nitrogens with zero attached hydrogens (tertiary/aromatic N) is 2. The summed E-state index contributed by atoms with van der Waals surface area (Å²) in [6.45, 7) is 1.92. The van der Waals surface area contributed by atoms with Crippen LogP contribution in [0, 0.1) is 5.82 Å². The molecule has 1 atom stereocenters. The first-order chi connectivity index (χ1) is 10.0. The maximum atomic E-state index is 13.1. The van der Waals surface area contributed by atoms with Gasteiger partial charge in [0.15, 0.2) is 4.96 Å². The monoisotopic (exact) mass is 325 g/mol. The molecule has 0 fully saturated rings. The predicted molar refractivity (Wildman–Crippen MR) is 81.9 cm³/mol. The molecule has 0 radical (unpaired) electrons. The number of rotatable bonds is 4. The van der Waals surface area contributed by atoms with E-state index in [4.69, 9.17) is 22.1 Å². The Morgan fingerprint density at radius 1 is 1.52 bits per heavy atom. The van der Waals surface area contributed by atoms with Crippen molar-refractivity contribution < 1.29 is 9.13 Å². The van der Waals surface area contributed by atoms with Gasteiger partial charge in [-0.25, -0.2) is 4.39 Å². The minimum absolute atomic E-state index is 0.0316. The number of halogens is 2. The second-order valence-electron chi connectivity index (χ2n) is 4.78. The lowest BCUT2D eigenvalue weighted by Gasteiger charge is -2.09. The molecule has 0 bridgehead atoms. The lowest BCUT2D eigenvalue weighted by Crippen LogP contribution is -2.19. The normalized spacial score (nSPS) is 12.8. The third-order valence-electron chi connectivity index (χ3n) is 2.94. The summed E-state index contributed by atoms with van der Waals surface area (Å²) in [7, 11) is 0. The maximum Gasteiger partial charge on any atom is 0.242 e. The van der Waals surface area contributed by atoms with Crippen LogP contribution in [0.3, 0.4) is 0 Å². The van der Waals surface area contributed by atoms with Crippen molar-refractivity contribution in [2.75, 3.05) is 0 Å². The number of hydrogen-bond acceptors (Lipinski definition) is 4. The van der Waals surface area contributed by atoms with Gasteiger partial charge < -0.3 is 10.5 Å². The third kappa shape index (κ3) is 2.88. The van der Waals surface area contributed by atoms with Gasteiger partial charge in [-0.15, -0.1) is 11.3 Å². The summed E-state index contributed by atoms with van der Waals surface area (Å²) in [5.74, 6) is 0.413. The second-order valence-corrected chi connectivity index (χ2v) is 6.06. The zero-order chi connectivity index (χ0) is 15.0. The second kappa shape index (κ2) is 5.63. The first-order valence-corrected chi connectivity index (χ1v) is 7.63. The Kier molecular flexibility index (Phi) is 3.84. The molecule has 0 amide bonds. The minimum Gasteiger partial charge on any atom is -0.436 e. The average Bonchev–Trinajstić information content (AvgIpc) is 2.96. The lowest BCUT2D eigenvalue weighted by molar-refractivity contribution is 0.455. The molecule has 2 aromatic heterocycles. The Balaban J connectivity index is 2.01. The molecule has 0 aliphatic heterocycles. The number of nitrogens with two attached hydrogens (primary N) is 1. The largest absolute Gasteiger partial charge is 0.436 e. The predicted octanol–water partition coefficient (Wildman–Crippen LogP) is 3.87. The highest BCUT2D eigenvalue weighted by Gasteiger charge is 2.17. The first-order valence-electron chi connectivity index (χ1n) is 6.37. The van der Waals surface area contributed by atoms with E-state index < -0.39 is 5.82 Å². The fourth-order valence-electron chi connectivity index (χ4n) is 2.05. The van der Waals surface area contributed by atoms with E-state index in [0.717, 1.165) is 10.7 Å². The van der Waals surface area contributed by atoms with Gasteiger partial charge in [-0.1, -0.05) is 11.6 Å². The Labute approximate surface area is 129 Å². The summed E-state index contributed by atoms with van der Waals surface area (Å²) < 4.78 is 20.8. The highest BCUT2D eigenvalue weighted by Crippen LogP contribution is 2.33. The van der Waals surface area contributed by atoms with Crippen LogP contribution in [-0.2, 0) is 6.42 Å². The zero-order valence-electron chi connectivity index (χ0n) is 11.2. The number of thiazole rings is 1. The molecule has 2 heterocycles. The van der Waals surface area contributed by atoms with Gasteiger partial charge in [0, 0.05) is 24.0 Å². The van der Waals surface area contributed by atoms with Gasteiger partial charge in [-0.2, -0.15) is 4.98 Å². The number of ether oxygens (including phenoxy) is 1. The van der Waals surface area contributed by atoms with E-state index in [2.05, 4.69) is 4.98 Å². The molecule has 110 valence electrons. The van der Waals surface area contributed by atoms with Gasteiger partial charge >= 0.3 is 0 Å². The smallest absolute Gasteiger partial charge is 0.242 e. The molecule has 0 aliphatic rings. The Hall–Kier alpha value is -1.63. The average molecular weight is 326 g/mol. The molecule has 1 aromatic carbocycles. The summed E-state index contributed by atoms with van der Waals surface area (Å²) >= 11 is 7.49. The Bertz CT molecular complexity index is 784. The van der Waals surface area contributed by atoms with Gasteiger partial charge in [-0.3, -0.25) is 4.40 Å². The number of benzene rings is 1. The number of aromatic nitrogens is 2. The molecular weight excluding hydrogens is 313 g/mol. The molecule has 3 rings (SSSR count). The van der Waals surface area contributed by atoms with Gasteiger partial charge in [0.1, 0.15) is 11.6 Å². The van der Waals surface area contributed by atoms with Gasteiger partial charge in [0.05, 0.1) is 10.7 Å². The van der Waals surface area contributed by atoms with Crippen LogP contribution in [0.2, 0.25) is 5.02 Å². The number of imidazole rings is 1. The van der Waals surface area contributed by atoms with Crippen molar-refractivity contribution in [3.63, 3.8) is 0 Å². The molecule has 4 nitrogen and oxygen atoms in total. The van der Waals surface area contributed by atoms with Crippen molar-refractivity contribution in [1.82, 2.24) is 9.38 Å². The zero-order valence-corrected chi connectivity index (χ0v) is 12.8. The molecule has 0 saturated carbocycles. The molecule has 0 aliphatic carbocycles. The van der Waals surface area contributed by atoms with Gasteiger partial charge in [-0.05, 0) is 25.1 Å². The summed E-state index contributed by atoms with van der Waals surface area (Å²) in [5.41, 5.74) is 6.76. The van der Waals surface area contributed by atoms with Crippen molar-refractivity contribution in [2.24, 2.45) is 5.73 Å². The van der Waals surface area contributed by atoms with Crippen molar-refractivity contribution in [3.05, 3.63) is 46.3 Å². The number of fused-ring (bicyclic) bond motifs is 1. The van der Waals surface area contributed by atoms with Crippen LogP contribution < -0.4 is 10.5 Å². The molecular formula is C14H13ClFN3OS. The standard InChI is InChI=1S/C14H13ClFN3OS/c1-8(17)6-11-13(18-14-19(11)4-5-21-14)20-12-3-2-9(16)7-10(12)15/h2-5,7-8H,6,17H2,1H3. The fourth-order valence-corrected chi connectivity index (χ4v) is 2.98. The molecule has 3 aromatic rings. The molecule has 7 heteroatoms. The van der Waals surface area contributed by atoms with Crippen LogP contribution >= 0.6 is 22.9 Å². The molecule has 1 unspecified atom stereocenters. The third-order valence-corrected chi connectivity index (χ3v) is 3.99. The van der Waals surface area contributed by atoms with Crippen LogP contribution in [0.1, 0.15) is 12.6 Å². The Morgan fingerprint density at radius 2 is 2.33 bits per heavy atom. The van der Waals surface area contributed by atoms with Gasteiger partial charge in [0.2, 0.25) is 5.88 Å². The Morgan fingerprint density at radius 3 is 3.05 bits per heavy atom. The van der Waals surface area contributed by atoms with E-state index in [1.165, 1.54) is 29.5 Å². The topological polar surface area (TPSA) is 52.5 Å². The fraction of sp³-hybridized carbons (Fsp3) is 0.214. The van der Waals surface area contributed by atoms with E-state index >= 15 is 0 Å². The van der Waals surface area contributed by atoms with Crippen LogP contribution in [0.15, 0.2) is 29.8 Å². The van der Waals surface area contributed by atoms with Crippen LogP contribution in [-0.4, -0.2) is 15.4 Å². The minimum atomic E-state index is -0.408. The van der Waals surface area contributed by atoms with Gasteiger partial charge in [0.25, 0.3) is 0 Å². The first kappa shape index (κ1) is 14.3. The highest BCUT2D eigenvalue weighted by atomic mass is 35.5. The molecule has 0 spiro atoms. The van der Waals surface area contributed by atoms with E-state index in [0.29, 0.717) is 18.1 Å². The summed E-state index contributed by atoms with van der Waals surface area (Å²) in [4.78, 5) is 5.25. The van der Waals surface area contributed by atoms with Crippen molar-refractivity contribution in [1.29, 1.82) is 0 Å².